The molecule has 8 heteroatoms. The molecule has 0 aliphatic heterocycles. The highest BCUT2D eigenvalue weighted by molar-refractivity contribution is 7.90. The first-order chi connectivity index (χ1) is 13.8. The van der Waals surface area contributed by atoms with E-state index in [1.165, 1.54) is 18.2 Å². The van der Waals surface area contributed by atoms with Gasteiger partial charge in [0.05, 0.1) is 4.90 Å². The summed E-state index contributed by atoms with van der Waals surface area (Å²) in [6.45, 7) is 1.75. The molecule has 152 valence electrons. The molecule has 3 aromatic rings. The Morgan fingerprint density at radius 2 is 1.93 bits per heavy atom. The standard InChI is InChI=1S/C21H21NO6S/c1-3-5-14-10-21(24)28-19-12-16(8-9-18(14)19)27-13-20(23)22-15-6-4-7-17(11-15)29(2,25)26/h4,6-12H,3,5,13H2,1-2H3,(H,22,23). The third kappa shape index (κ3) is 5.23. The first-order valence-corrected chi connectivity index (χ1v) is 10.9. The number of carbonyl (C=O) groups excluding carboxylic acids is 1. The topological polar surface area (TPSA) is 103 Å². The van der Waals surface area contributed by atoms with Gasteiger partial charge in [0.1, 0.15) is 11.3 Å². The molecule has 0 saturated heterocycles. The summed E-state index contributed by atoms with van der Waals surface area (Å²) < 4.78 is 34.0. The van der Waals surface area contributed by atoms with Crippen LogP contribution in [0.2, 0.25) is 0 Å². The number of benzene rings is 2. The molecule has 0 bridgehead atoms. The molecule has 0 unspecified atom stereocenters. The summed E-state index contributed by atoms with van der Waals surface area (Å²) in [5, 5.41) is 3.43. The van der Waals surface area contributed by atoms with Crippen LogP contribution in [0.3, 0.4) is 0 Å². The van der Waals surface area contributed by atoms with Gasteiger partial charge < -0.3 is 14.5 Å². The van der Waals surface area contributed by atoms with Crippen LogP contribution < -0.4 is 15.7 Å². The SMILES string of the molecule is CCCc1cc(=O)oc2cc(OCC(=O)Nc3cccc(S(C)(=O)=O)c3)ccc12. The van der Waals surface area contributed by atoms with Crippen LogP contribution in [0.5, 0.6) is 5.75 Å². The lowest BCUT2D eigenvalue weighted by molar-refractivity contribution is -0.118. The highest BCUT2D eigenvalue weighted by Gasteiger charge is 2.11. The lowest BCUT2D eigenvalue weighted by Crippen LogP contribution is -2.20. The van der Waals surface area contributed by atoms with Crippen molar-refractivity contribution in [2.24, 2.45) is 0 Å². The predicted octanol–water partition coefficient (Wildman–Crippen LogP) is 3.17. The van der Waals surface area contributed by atoms with Crippen LogP contribution in [0.1, 0.15) is 18.9 Å². The third-order valence-corrected chi connectivity index (χ3v) is 5.35. The number of hydrogen-bond donors (Lipinski definition) is 1. The smallest absolute Gasteiger partial charge is 0.336 e. The van der Waals surface area contributed by atoms with Crippen molar-refractivity contribution in [3.05, 3.63) is 64.5 Å². The van der Waals surface area contributed by atoms with Gasteiger partial charge in [-0.05, 0) is 42.3 Å². The van der Waals surface area contributed by atoms with Crippen molar-refractivity contribution >= 4 is 32.4 Å². The average Bonchev–Trinajstić information content (AvgIpc) is 2.66. The second-order valence-electron chi connectivity index (χ2n) is 6.64. The summed E-state index contributed by atoms with van der Waals surface area (Å²) >= 11 is 0. The first-order valence-electron chi connectivity index (χ1n) is 9.06. The van der Waals surface area contributed by atoms with Gasteiger partial charge in [0.15, 0.2) is 16.4 Å². The van der Waals surface area contributed by atoms with Gasteiger partial charge in [0.2, 0.25) is 0 Å². The van der Waals surface area contributed by atoms with Crippen molar-refractivity contribution < 1.29 is 22.4 Å². The lowest BCUT2D eigenvalue weighted by atomic mass is 10.1. The molecule has 0 aliphatic rings. The molecule has 7 nitrogen and oxygen atoms in total. The number of hydrogen-bond acceptors (Lipinski definition) is 6. The highest BCUT2D eigenvalue weighted by atomic mass is 32.2. The molecule has 3 rings (SSSR count). The molecule has 29 heavy (non-hydrogen) atoms. The Morgan fingerprint density at radius 1 is 1.14 bits per heavy atom. The molecule has 1 amide bonds. The number of fused-ring (bicyclic) bond motifs is 1. The minimum Gasteiger partial charge on any atom is -0.484 e. The third-order valence-electron chi connectivity index (χ3n) is 4.24. The lowest BCUT2D eigenvalue weighted by Gasteiger charge is -2.10. The Labute approximate surface area is 168 Å². The highest BCUT2D eigenvalue weighted by Crippen LogP contribution is 2.23. The number of ether oxygens (including phenoxy) is 1. The first kappa shape index (κ1) is 20.6. The Hall–Kier alpha value is -3.13. The molecule has 1 aromatic heterocycles. The number of sulfone groups is 1. The van der Waals surface area contributed by atoms with Crippen LogP contribution in [0.15, 0.2) is 62.6 Å². The number of rotatable bonds is 7. The molecule has 0 aliphatic carbocycles. The van der Waals surface area contributed by atoms with E-state index >= 15 is 0 Å². The summed E-state index contributed by atoms with van der Waals surface area (Å²) in [6.07, 6.45) is 2.76. The van der Waals surface area contributed by atoms with Gasteiger partial charge in [0, 0.05) is 29.5 Å². The number of amides is 1. The number of anilines is 1. The van der Waals surface area contributed by atoms with Crippen LogP contribution in [0, 0.1) is 0 Å². The fourth-order valence-electron chi connectivity index (χ4n) is 2.93. The van der Waals surface area contributed by atoms with Gasteiger partial charge in [-0.15, -0.1) is 0 Å². The van der Waals surface area contributed by atoms with Crippen molar-refractivity contribution in [3.63, 3.8) is 0 Å². The molecule has 0 spiro atoms. The number of carbonyl (C=O) groups is 1. The van der Waals surface area contributed by atoms with E-state index < -0.39 is 21.4 Å². The Morgan fingerprint density at radius 3 is 2.66 bits per heavy atom. The zero-order valence-corrected chi connectivity index (χ0v) is 16.9. The van der Waals surface area contributed by atoms with Crippen LogP contribution in [-0.4, -0.2) is 27.2 Å². The summed E-state index contributed by atoms with van der Waals surface area (Å²) in [5.41, 5.74) is 1.24. The molecular formula is C21H21NO6S. The molecule has 2 aromatic carbocycles. The van der Waals surface area contributed by atoms with Crippen molar-refractivity contribution in [1.82, 2.24) is 0 Å². The van der Waals surface area contributed by atoms with Gasteiger partial charge in [-0.25, -0.2) is 13.2 Å². The summed E-state index contributed by atoms with van der Waals surface area (Å²) in [5.74, 6) is -0.0636. The summed E-state index contributed by atoms with van der Waals surface area (Å²) in [4.78, 5) is 24.0. The van der Waals surface area contributed by atoms with Crippen molar-refractivity contribution in [2.45, 2.75) is 24.7 Å². The van der Waals surface area contributed by atoms with Gasteiger partial charge in [-0.2, -0.15) is 0 Å². The Kier molecular flexibility index (Phi) is 6.03. The largest absolute Gasteiger partial charge is 0.484 e. The maximum absolute atomic E-state index is 12.1. The second-order valence-corrected chi connectivity index (χ2v) is 8.65. The second kappa shape index (κ2) is 8.48. The minimum absolute atomic E-state index is 0.114. The molecule has 1 heterocycles. The van der Waals surface area contributed by atoms with Crippen LogP contribution in [-0.2, 0) is 21.1 Å². The molecule has 0 saturated carbocycles. The Bertz CT molecular complexity index is 1210. The average molecular weight is 415 g/mol. The van der Waals surface area contributed by atoms with Gasteiger partial charge in [0.25, 0.3) is 5.91 Å². The molecule has 0 atom stereocenters. The van der Waals surface area contributed by atoms with E-state index in [-0.39, 0.29) is 11.5 Å². The van der Waals surface area contributed by atoms with Gasteiger partial charge >= 0.3 is 5.63 Å². The van der Waals surface area contributed by atoms with E-state index in [1.807, 2.05) is 6.92 Å². The van der Waals surface area contributed by atoms with Crippen LogP contribution in [0.4, 0.5) is 5.69 Å². The van der Waals surface area contributed by atoms with E-state index in [0.29, 0.717) is 17.0 Å². The van der Waals surface area contributed by atoms with Crippen LogP contribution >= 0.6 is 0 Å². The van der Waals surface area contributed by atoms with Crippen molar-refractivity contribution in [1.29, 1.82) is 0 Å². The maximum Gasteiger partial charge on any atom is 0.336 e. The Balaban J connectivity index is 1.70. The van der Waals surface area contributed by atoms with E-state index in [1.54, 1.807) is 30.3 Å². The normalized spacial score (nSPS) is 11.4. The van der Waals surface area contributed by atoms with Crippen LogP contribution in [0.25, 0.3) is 11.0 Å². The minimum atomic E-state index is -3.37. The fraction of sp³-hybridized carbons (Fsp3) is 0.238. The quantitative estimate of drug-likeness (QED) is 0.595. The van der Waals surface area contributed by atoms with E-state index in [2.05, 4.69) is 5.32 Å². The summed E-state index contributed by atoms with van der Waals surface area (Å²) in [7, 11) is -3.37. The molecule has 0 fully saturated rings. The molecule has 0 radical (unpaired) electrons. The monoisotopic (exact) mass is 415 g/mol. The summed E-state index contributed by atoms with van der Waals surface area (Å²) in [6, 6.07) is 12.5. The molecular weight excluding hydrogens is 394 g/mol. The van der Waals surface area contributed by atoms with Gasteiger partial charge in [-0.1, -0.05) is 19.4 Å². The predicted molar refractivity (Wildman–Crippen MR) is 110 cm³/mol. The van der Waals surface area contributed by atoms with E-state index in [4.69, 9.17) is 9.15 Å². The number of aryl methyl sites for hydroxylation is 1. The van der Waals surface area contributed by atoms with E-state index in [9.17, 15) is 18.0 Å². The number of nitrogens with one attached hydrogen (secondary N) is 1. The van der Waals surface area contributed by atoms with Crippen molar-refractivity contribution in [2.75, 3.05) is 18.2 Å². The zero-order valence-electron chi connectivity index (χ0n) is 16.1. The van der Waals surface area contributed by atoms with Crippen molar-refractivity contribution in [3.8, 4) is 5.75 Å². The maximum atomic E-state index is 12.1. The van der Waals surface area contributed by atoms with E-state index in [0.717, 1.165) is 30.0 Å². The fourth-order valence-corrected chi connectivity index (χ4v) is 3.59. The van der Waals surface area contributed by atoms with Gasteiger partial charge in [-0.3, -0.25) is 4.79 Å². The molecule has 1 N–H and O–H groups in total. The zero-order chi connectivity index (χ0) is 21.0.